The highest BCUT2D eigenvalue weighted by Crippen LogP contribution is 2.20. The average molecular weight is 198 g/mol. The smallest absolute Gasteiger partial charge is 0.222 e. The number of hydrogen-bond acceptors (Lipinski definition) is 4. The Bertz CT molecular complexity index is 364. The number of rotatable bonds is 0. The van der Waals surface area contributed by atoms with Crippen molar-refractivity contribution in [3.63, 3.8) is 0 Å². The summed E-state index contributed by atoms with van der Waals surface area (Å²) in [7, 11) is 0. The summed E-state index contributed by atoms with van der Waals surface area (Å²) in [6, 6.07) is 0. The van der Waals surface area contributed by atoms with E-state index in [9.17, 15) is 0 Å². The standard InChI is InChI=1S/C8H8ClN3O/c9-8-10-4-5-2-1-3-6(12-13)7(5)11-8/h4,13H,1-3H2/b12-6+. The van der Waals surface area contributed by atoms with Gasteiger partial charge in [0.15, 0.2) is 0 Å². The third-order valence-corrected chi connectivity index (χ3v) is 2.27. The second-order valence-electron chi connectivity index (χ2n) is 2.91. The molecule has 1 aromatic heterocycles. The van der Waals surface area contributed by atoms with Gasteiger partial charge < -0.3 is 5.21 Å². The molecule has 0 fully saturated rings. The molecule has 0 saturated carbocycles. The molecule has 0 atom stereocenters. The van der Waals surface area contributed by atoms with Gasteiger partial charge in [-0.3, -0.25) is 0 Å². The zero-order valence-electron chi connectivity index (χ0n) is 6.87. The molecule has 0 saturated heterocycles. The second kappa shape index (κ2) is 3.30. The molecule has 1 aliphatic rings. The summed E-state index contributed by atoms with van der Waals surface area (Å²) in [6.07, 6.45) is 4.33. The minimum atomic E-state index is 0.196. The number of hydrogen-bond donors (Lipinski definition) is 1. The van der Waals surface area contributed by atoms with Gasteiger partial charge in [-0.25, -0.2) is 9.97 Å². The quantitative estimate of drug-likeness (QED) is 0.391. The van der Waals surface area contributed by atoms with E-state index in [1.807, 2.05) is 0 Å². The number of oxime groups is 1. The van der Waals surface area contributed by atoms with Crippen LogP contribution in [0.4, 0.5) is 0 Å². The molecule has 68 valence electrons. The lowest BCUT2D eigenvalue weighted by Gasteiger charge is -2.14. The molecule has 0 aliphatic heterocycles. The van der Waals surface area contributed by atoms with Crippen molar-refractivity contribution in [1.29, 1.82) is 0 Å². The van der Waals surface area contributed by atoms with Gasteiger partial charge in [0.1, 0.15) is 5.71 Å². The molecular weight excluding hydrogens is 190 g/mol. The SMILES string of the molecule is O/N=C1\CCCc2cnc(Cl)nc21. The first-order valence-electron chi connectivity index (χ1n) is 4.04. The van der Waals surface area contributed by atoms with Crippen LogP contribution in [0.1, 0.15) is 24.1 Å². The molecule has 0 aromatic carbocycles. The van der Waals surface area contributed by atoms with E-state index < -0.39 is 0 Å². The summed E-state index contributed by atoms with van der Waals surface area (Å²) in [5, 5.41) is 12.1. The molecule has 0 unspecified atom stereocenters. The van der Waals surface area contributed by atoms with Crippen molar-refractivity contribution in [3.05, 3.63) is 22.7 Å². The number of aromatic nitrogens is 2. The van der Waals surface area contributed by atoms with E-state index in [1.54, 1.807) is 6.20 Å². The van der Waals surface area contributed by atoms with Gasteiger partial charge in [-0.05, 0) is 36.4 Å². The van der Waals surface area contributed by atoms with Crippen molar-refractivity contribution in [2.24, 2.45) is 5.16 Å². The summed E-state index contributed by atoms with van der Waals surface area (Å²) >= 11 is 5.64. The van der Waals surface area contributed by atoms with Crippen molar-refractivity contribution in [2.75, 3.05) is 0 Å². The predicted molar refractivity (Wildman–Crippen MR) is 48.3 cm³/mol. The van der Waals surface area contributed by atoms with Gasteiger partial charge in [-0.1, -0.05) is 5.16 Å². The Balaban J connectivity index is 2.54. The molecule has 4 nitrogen and oxygen atoms in total. The number of fused-ring (bicyclic) bond motifs is 1. The van der Waals surface area contributed by atoms with Crippen molar-refractivity contribution in [1.82, 2.24) is 9.97 Å². The first-order chi connectivity index (χ1) is 6.31. The average Bonchev–Trinajstić information content (AvgIpc) is 2.17. The molecule has 0 radical (unpaired) electrons. The van der Waals surface area contributed by atoms with E-state index in [0.717, 1.165) is 24.8 Å². The van der Waals surface area contributed by atoms with Gasteiger partial charge in [0.25, 0.3) is 0 Å². The Kier molecular flexibility index (Phi) is 2.14. The van der Waals surface area contributed by atoms with Gasteiger partial charge >= 0.3 is 0 Å². The van der Waals surface area contributed by atoms with Gasteiger partial charge in [0, 0.05) is 6.20 Å². The van der Waals surface area contributed by atoms with Crippen molar-refractivity contribution in [3.8, 4) is 0 Å². The van der Waals surface area contributed by atoms with Crippen LogP contribution in [0.15, 0.2) is 11.4 Å². The summed E-state index contributed by atoms with van der Waals surface area (Å²) in [5.74, 6) is 0. The first-order valence-corrected chi connectivity index (χ1v) is 4.42. The molecule has 1 aromatic rings. The molecule has 0 spiro atoms. The van der Waals surface area contributed by atoms with E-state index in [-0.39, 0.29) is 5.28 Å². The predicted octanol–water partition coefficient (Wildman–Crippen LogP) is 1.64. The lowest BCUT2D eigenvalue weighted by atomic mass is 9.96. The molecular formula is C8H8ClN3O. The Hall–Kier alpha value is -1.16. The molecule has 0 amide bonds. The van der Waals surface area contributed by atoms with Crippen LogP contribution >= 0.6 is 11.6 Å². The van der Waals surface area contributed by atoms with E-state index >= 15 is 0 Å². The zero-order valence-corrected chi connectivity index (χ0v) is 7.62. The van der Waals surface area contributed by atoms with Crippen LogP contribution in [0.3, 0.4) is 0 Å². The van der Waals surface area contributed by atoms with Crippen LogP contribution in [0, 0.1) is 0 Å². The van der Waals surface area contributed by atoms with Crippen LogP contribution in [0.2, 0.25) is 5.28 Å². The fraction of sp³-hybridized carbons (Fsp3) is 0.375. The Morgan fingerprint density at radius 1 is 1.46 bits per heavy atom. The third-order valence-electron chi connectivity index (χ3n) is 2.09. The highest BCUT2D eigenvalue weighted by Gasteiger charge is 2.18. The Morgan fingerprint density at radius 3 is 3.08 bits per heavy atom. The zero-order chi connectivity index (χ0) is 9.26. The summed E-state index contributed by atoms with van der Waals surface area (Å²) in [5.41, 5.74) is 2.29. The molecule has 1 N–H and O–H groups in total. The van der Waals surface area contributed by atoms with E-state index in [4.69, 9.17) is 16.8 Å². The largest absolute Gasteiger partial charge is 0.411 e. The maximum absolute atomic E-state index is 8.71. The van der Waals surface area contributed by atoms with Crippen molar-refractivity contribution >= 4 is 17.3 Å². The molecule has 0 bridgehead atoms. The van der Waals surface area contributed by atoms with Crippen LogP contribution in [-0.4, -0.2) is 20.9 Å². The van der Waals surface area contributed by atoms with Crippen LogP contribution in [0.25, 0.3) is 0 Å². The van der Waals surface area contributed by atoms with Crippen LogP contribution in [-0.2, 0) is 6.42 Å². The highest BCUT2D eigenvalue weighted by atomic mass is 35.5. The minimum Gasteiger partial charge on any atom is -0.411 e. The van der Waals surface area contributed by atoms with Gasteiger partial charge in [-0.15, -0.1) is 0 Å². The molecule has 13 heavy (non-hydrogen) atoms. The topological polar surface area (TPSA) is 58.4 Å². The number of nitrogens with zero attached hydrogens (tertiary/aromatic N) is 3. The lowest BCUT2D eigenvalue weighted by Crippen LogP contribution is -2.14. The Labute approximate surface area is 80.3 Å². The molecule has 2 rings (SSSR count). The van der Waals surface area contributed by atoms with Crippen LogP contribution < -0.4 is 0 Å². The third kappa shape index (κ3) is 1.49. The number of halogens is 1. The summed E-state index contributed by atoms with van der Waals surface area (Å²) < 4.78 is 0. The maximum Gasteiger partial charge on any atom is 0.222 e. The fourth-order valence-electron chi connectivity index (χ4n) is 1.48. The summed E-state index contributed by atoms with van der Waals surface area (Å²) in [6.45, 7) is 0. The van der Waals surface area contributed by atoms with Gasteiger partial charge in [0.2, 0.25) is 5.28 Å². The Morgan fingerprint density at radius 2 is 2.31 bits per heavy atom. The number of aryl methyl sites for hydroxylation is 1. The lowest BCUT2D eigenvalue weighted by molar-refractivity contribution is 0.317. The first kappa shape index (κ1) is 8.44. The monoisotopic (exact) mass is 197 g/mol. The van der Waals surface area contributed by atoms with Crippen molar-refractivity contribution in [2.45, 2.75) is 19.3 Å². The molecule has 1 aliphatic carbocycles. The highest BCUT2D eigenvalue weighted by molar-refractivity contribution is 6.28. The normalized spacial score (nSPS) is 18.7. The maximum atomic E-state index is 8.71. The van der Waals surface area contributed by atoms with E-state index in [1.165, 1.54) is 0 Å². The second-order valence-corrected chi connectivity index (χ2v) is 3.25. The fourth-order valence-corrected chi connectivity index (χ4v) is 1.61. The molecule has 5 heteroatoms. The molecule has 1 heterocycles. The van der Waals surface area contributed by atoms with Crippen molar-refractivity contribution < 1.29 is 5.21 Å². The van der Waals surface area contributed by atoms with Gasteiger partial charge in [0.05, 0.1) is 5.69 Å². The van der Waals surface area contributed by atoms with E-state index in [0.29, 0.717) is 11.4 Å². The summed E-state index contributed by atoms with van der Waals surface area (Å²) in [4.78, 5) is 7.91. The minimum absolute atomic E-state index is 0.196. The van der Waals surface area contributed by atoms with E-state index in [2.05, 4.69) is 15.1 Å². The van der Waals surface area contributed by atoms with Gasteiger partial charge in [-0.2, -0.15) is 0 Å². The van der Waals surface area contributed by atoms with Crippen LogP contribution in [0.5, 0.6) is 0 Å².